The first-order chi connectivity index (χ1) is 10.7. The topological polar surface area (TPSA) is 47.6 Å². The molecule has 4 heteroatoms. The number of ether oxygens (including phenoxy) is 2. The molecule has 4 nitrogen and oxygen atoms in total. The number of amides is 1. The lowest BCUT2D eigenvalue weighted by molar-refractivity contribution is 0.102. The Morgan fingerprint density at radius 3 is 2.59 bits per heavy atom. The lowest BCUT2D eigenvalue weighted by Crippen LogP contribution is -2.12. The van der Waals surface area contributed by atoms with Crippen LogP contribution in [-0.2, 0) is 6.42 Å². The highest BCUT2D eigenvalue weighted by Gasteiger charge is 2.11. The van der Waals surface area contributed by atoms with Crippen molar-refractivity contribution in [2.75, 3.05) is 19.0 Å². The number of hydrogen-bond acceptors (Lipinski definition) is 3. The van der Waals surface area contributed by atoms with Crippen molar-refractivity contribution in [2.24, 2.45) is 0 Å². The largest absolute Gasteiger partial charge is 0.493 e. The highest BCUT2D eigenvalue weighted by Crippen LogP contribution is 2.28. The molecular weight excluding hydrogens is 278 g/mol. The molecule has 2 rings (SSSR count). The molecule has 116 valence electrons. The summed E-state index contributed by atoms with van der Waals surface area (Å²) in [4.78, 5) is 12.3. The van der Waals surface area contributed by atoms with Crippen LogP contribution in [0.15, 0.2) is 42.5 Å². The fourth-order valence-electron chi connectivity index (χ4n) is 2.16. The summed E-state index contributed by atoms with van der Waals surface area (Å²) in [5.74, 6) is 1.01. The van der Waals surface area contributed by atoms with Crippen molar-refractivity contribution in [2.45, 2.75) is 20.3 Å². The molecule has 2 aromatic rings. The van der Waals surface area contributed by atoms with Gasteiger partial charge in [0.25, 0.3) is 5.91 Å². The Bertz CT molecular complexity index is 653. The number of nitrogens with one attached hydrogen (secondary N) is 1. The van der Waals surface area contributed by atoms with Crippen molar-refractivity contribution in [1.29, 1.82) is 0 Å². The summed E-state index contributed by atoms with van der Waals surface area (Å²) in [6.45, 7) is 4.53. The zero-order chi connectivity index (χ0) is 15.9. The first-order valence-corrected chi connectivity index (χ1v) is 7.39. The molecule has 0 aromatic heterocycles. The second-order valence-electron chi connectivity index (χ2n) is 4.81. The molecule has 0 heterocycles. The molecule has 1 amide bonds. The van der Waals surface area contributed by atoms with Gasteiger partial charge in [-0.1, -0.05) is 19.1 Å². The Morgan fingerprint density at radius 2 is 1.91 bits per heavy atom. The number of hydrogen-bond donors (Lipinski definition) is 1. The number of carbonyl (C=O) groups excluding carboxylic acids is 1. The second kappa shape index (κ2) is 7.50. The molecule has 2 aromatic carbocycles. The molecule has 0 atom stereocenters. The molecule has 0 unspecified atom stereocenters. The quantitative estimate of drug-likeness (QED) is 0.879. The van der Waals surface area contributed by atoms with Crippen LogP contribution in [0.2, 0.25) is 0 Å². The van der Waals surface area contributed by atoms with Crippen LogP contribution in [0.5, 0.6) is 11.5 Å². The molecule has 0 fully saturated rings. The third-order valence-electron chi connectivity index (χ3n) is 3.32. The summed E-state index contributed by atoms with van der Waals surface area (Å²) in [7, 11) is 1.56. The minimum Gasteiger partial charge on any atom is -0.493 e. The van der Waals surface area contributed by atoms with Gasteiger partial charge in [-0.2, -0.15) is 0 Å². The normalized spacial score (nSPS) is 10.1. The van der Waals surface area contributed by atoms with Crippen molar-refractivity contribution >= 4 is 11.6 Å². The highest BCUT2D eigenvalue weighted by molar-refractivity contribution is 6.04. The zero-order valence-corrected chi connectivity index (χ0v) is 13.2. The van der Waals surface area contributed by atoms with Gasteiger partial charge in [0.2, 0.25) is 0 Å². The first kappa shape index (κ1) is 15.9. The van der Waals surface area contributed by atoms with E-state index in [4.69, 9.17) is 9.47 Å². The monoisotopic (exact) mass is 299 g/mol. The van der Waals surface area contributed by atoms with E-state index in [0.717, 1.165) is 12.1 Å². The third kappa shape index (κ3) is 3.79. The summed E-state index contributed by atoms with van der Waals surface area (Å²) >= 11 is 0. The van der Waals surface area contributed by atoms with Crippen molar-refractivity contribution in [3.8, 4) is 11.5 Å². The van der Waals surface area contributed by atoms with Crippen molar-refractivity contribution in [3.05, 3.63) is 53.6 Å². The zero-order valence-electron chi connectivity index (χ0n) is 13.2. The maximum atomic E-state index is 12.3. The molecule has 0 radical (unpaired) electrons. The molecule has 0 spiro atoms. The number of rotatable bonds is 6. The van der Waals surface area contributed by atoms with Crippen LogP contribution in [-0.4, -0.2) is 19.6 Å². The standard InChI is InChI=1S/C18H21NO3/c1-4-13-7-6-8-15(11-13)19-18(20)14-9-10-16(22-5-2)17(12-14)21-3/h6-12H,4-5H2,1-3H3,(H,19,20). The highest BCUT2D eigenvalue weighted by atomic mass is 16.5. The van der Waals surface area contributed by atoms with Gasteiger partial charge in [-0.3, -0.25) is 4.79 Å². The van der Waals surface area contributed by atoms with Crippen LogP contribution < -0.4 is 14.8 Å². The van der Waals surface area contributed by atoms with E-state index >= 15 is 0 Å². The van der Waals surface area contributed by atoms with E-state index in [2.05, 4.69) is 12.2 Å². The van der Waals surface area contributed by atoms with Crippen LogP contribution in [0.1, 0.15) is 29.8 Å². The Kier molecular flexibility index (Phi) is 5.42. The van der Waals surface area contributed by atoms with Gasteiger partial charge in [-0.05, 0) is 49.2 Å². The molecule has 0 bridgehead atoms. The summed E-state index contributed by atoms with van der Waals surface area (Å²) in [6, 6.07) is 13.0. The van der Waals surface area contributed by atoms with Gasteiger partial charge in [0.15, 0.2) is 11.5 Å². The Hall–Kier alpha value is -2.49. The fourth-order valence-corrected chi connectivity index (χ4v) is 2.16. The Balaban J connectivity index is 2.18. The minimum atomic E-state index is -0.172. The van der Waals surface area contributed by atoms with Gasteiger partial charge in [0.05, 0.1) is 13.7 Å². The molecule has 0 saturated carbocycles. The van der Waals surface area contributed by atoms with Gasteiger partial charge < -0.3 is 14.8 Å². The summed E-state index contributed by atoms with van der Waals surface area (Å²) in [6.07, 6.45) is 0.931. The Morgan fingerprint density at radius 1 is 1.09 bits per heavy atom. The number of carbonyl (C=O) groups is 1. The van der Waals surface area contributed by atoms with E-state index in [1.54, 1.807) is 25.3 Å². The van der Waals surface area contributed by atoms with Crippen LogP contribution in [0.4, 0.5) is 5.69 Å². The predicted molar refractivity (Wildman–Crippen MR) is 87.9 cm³/mol. The van der Waals surface area contributed by atoms with Crippen molar-refractivity contribution < 1.29 is 14.3 Å². The SMILES string of the molecule is CCOc1ccc(C(=O)Nc2cccc(CC)c2)cc1OC. The van der Waals surface area contributed by atoms with Crippen LogP contribution in [0.3, 0.4) is 0 Å². The van der Waals surface area contributed by atoms with Crippen LogP contribution in [0.25, 0.3) is 0 Å². The number of aryl methyl sites for hydroxylation is 1. The second-order valence-corrected chi connectivity index (χ2v) is 4.81. The third-order valence-corrected chi connectivity index (χ3v) is 3.32. The van der Waals surface area contributed by atoms with E-state index in [-0.39, 0.29) is 5.91 Å². The van der Waals surface area contributed by atoms with E-state index in [1.165, 1.54) is 5.56 Å². The van der Waals surface area contributed by atoms with Gasteiger partial charge in [0, 0.05) is 11.3 Å². The lowest BCUT2D eigenvalue weighted by Gasteiger charge is -2.11. The first-order valence-electron chi connectivity index (χ1n) is 7.39. The maximum absolute atomic E-state index is 12.3. The molecule has 0 saturated heterocycles. The fraction of sp³-hybridized carbons (Fsp3) is 0.278. The number of anilines is 1. The molecule has 22 heavy (non-hydrogen) atoms. The van der Waals surface area contributed by atoms with E-state index in [0.29, 0.717) is 23.7 Å². The van der Waals surface area contributed by atoms with E-state index in [1.807, 2.05) is 31.2 Å². The van der Waals surface area contributed by atoms with Gasteiger partial charge in [-0.25, -0.2) is 0 Å². The maximum Gasteiger partial charge on any atom is 0.255 e. The van der Waals surface area contributed by atoms with Crippen LogP contribution in [0, 0.1) is 0 Å². The summed E-state index contributed by atoms with van der Waals surface area (Å²) in [5.41, 5.74) is 2.50. The van der Waals surface area contributed by atoms with E-state index in [9.17, 15) is 4.79 Å². The van der Waals surface area contributed by atoms with Gasteiger partial charge >= 0.3 is 0 Å². The lowest BCUT2D eigenvalue weighted by atomic mass is 10.1. The molecular formula is C18H21NO3. The van der Waals surface area contributed by atoms with Gasteiger partial charge in [-0.15, -0.1) is 0 Å². The molecule has 0 aliphatic carbocycles. The predicted octanol–water partition coefficient (Wildman–Crippen LogP) is 3.91. The number of benzene rings is 2. The Labute approximate surface area is 131 Å². The smallest absolute Gasteiger partial charge is 0.255 e. The summed E-state index contributed by atoms with van der Waals surface area (Å²) < 4.78 is 10.7. The average molecular weight is 299 g/mol. The summed E-state index contributed by atoms with van der Waals surface area (Å²) in [5, 5.41) is 2.90. The minimum absolute atomic E-state index is 0.172. The van der Waals surface area contributed by atoms with E-state index < -0.39 is 0 Å². The van der Waals surface area contributed by atoms with Crippen molar-refractivity contribution in [1.82, 2.24) is 0 Å². The van der Waals surface area contributed by atoms with Crippen LogP contribution >= 0.6 is 0 Å². The number of methoxy groups -OCH3 is 1. The molecule has 0 aliphatic rings. The average Bonchev–Trinajstić information content (AvgIpc) is 2.55. The molecule has 1 N–H and O–H groups in total. The van der Waals surface area contributed by atoms with Crippen molar-refractivity contribution in [3.63, 3.8) is 0 Å². The van der Waals surface area contributed by atoms with Gasteiger partial charge in [0.1, 0.15) is 0 Å². The molecule has 0 aliphatic heterocycles.